The maximum absolute atomic E-state index is 3.87. The van der Waals surface area contributed by atoms with Crippen molar-refractivity contribution < 1.29 is 0 Å². The van der Waals surface area contributed by atoms with Crippen LogP contribution in [0.2, 0.25) is 0 Å². The lowest BCUT2D eigenvalue weighted by Gasteiger charge is -1.73. The lowest BCUT2D eigenvalue weighted by atomic mass is 10.8. The van der Waals surface area contributed by atoms with E-state index in [1.165, 1.54) is 11.9 Å². The summed E-state index contributed by atoms with van der Waals surface area (Å²) in [5.41, 5.74) is 0. The molecule has 2 heteroatoms. The Hall–Kier alpha value is -0.240. The van der Waals surface area contributed by atoms with Crippen molar-refractivity contribution in [2.75, 3.05) is 0 Å². The highest BCUT2D eigenvalue weighted by Crippen LogP contribution is 2.00. The third-order valence-corrected chi connectivity index (χ3v) is 1.09. The minimum Gasteiger partial charge on any atom is -0.225 e. The van der Waals surface area contributed by atoms with Gasteiger partial charge in [-0.1, -0.05) is 6.08 Å². The predicted octanol–water partition coefficient (Wildman–Crippen LogP) is 2.26. The summed E-state index contributed by atoms with van der Waals surface area (Å²) in [6, 6.07) is 0. The number of allylic oxidation sites excluding steroid dienone is 1. The molecule has 7 heavy (non-hydrogen) atoms. The molecule has 0 N–H and O–H groups in total. The molecule has 0 bridgehead atoms. The van der Waals surface area contributed by atoms with Gasteiger partial charge >= 0.3 is 0 Å². The smallest absolute Gasteiger partial charge is 0.00986 e. The molecule has 0 aliphatic carbocycles. The molecule has 40 valence electrons. The summed E-state index contributed by atoms with van der Waals surface area (Å²) in [5, 5.41) is 1.93. The number of nitrogens with zero attached hydrogens (tertiary/aromatic N) is 1. The normalized spacial score (nSPS) is 11.7. The van der Waals surface area contributed by atoms with Crippen LogP contribution in [0.4, 0.5) is 0 Å². The highest BCUT2D eigenvalue weighted by molar-refractivity contribution is 8.01. The van der Waals surface area contributed by atoms with E-state index in [4.69, 9.17) is 0 Å². The van der Waals surface area contributed by atoms with E-state index in [-0.39, 0.29) is 0 Å². The van der Waals surface area contributed by atoms with Crippen LogP contribution in [0, 0.1) is 0 Å². The van der Waals surface area contributed by atoms with Crippen molar-refractivity contribution in [3.8, 4) is 0 Å². The summed E-state index contributed by atoms with van der Waals surface area (Å²) in [6.45, 7) is 3.87. The van der Waals surface area contributed by atoms with Gasteiger partial charge in [0.15, 0.2) is 0 Å². The second-order valence-corrected chi connectivity index (χ2v) is 1.63. The Morgan fingerprint density at radius 1 is 1.43 bits per heavy atom. The van der Waals surface area contributed by atoms with Gasteiger partial charge in [-0.25, -0.2) is 4.40 Å². The zero-order chi connectivity index (χ0) is 5.54. The zero-order valence-corrected chi connectivity index (χ0v) is 5.40. The van der Waals surface area contributed by atoms with Gasteiger partial charge in [0.05, 0.1) is 0 Å². The lowest BCUT2D eigenvalue weighted by molar-refractivity contribution is 1.78. The molecule has 0 fully saturated rings. The Morgan fingerprint density at radius 3 is 2.57 bits per heavy atom. The molecule has 0 radical (unpaired) electrons. The average molecular weight is 115 g/mol. The van der Waals surface area contributed by atoms with Gasteiger partial charge in [-0.15, -0.1) is 0 Å². The van der Waals surface area contributed by atoms with E-state index in [0.717, 1.165) is 0 Å². The average Bonchev–Trinajstić information content (AvgIpc) is 1.69. The minimum absolute atomic E-state index is 1.44. The number of hydrogen-bond donors (Lipinski definition) is 0. The third kappa shape index (κ3) is 5.76. The van der Waals surface area contributed by atoms with Crippen molar-refractivity contribution in [2.24, 2.45) is 4.40 Å². The van der Waals surface area contributed by atoms with Crippen LogP contribution < -0.4 is 0 Å². The van der Waals surface area contributed by atoms with Crippen LogP contribution in [0.5, 0.6) is 0 Å². The van der Waals surface area contributed by atoms with Gasteiger partial charge in [0.2, 0.25) is 0 Å². The van der Waals surface area contributed by atoms with Crippen LogP contribution >= 0.6 is 11.9 Å². The fraction of sp³-hybridized carbons (Fsp3) is 0.400. The van der Waals surface area contributed by atoms with Crippen molar-refractivity contribution in [3.05, 3.63) is 11.5 Å². The lowest BCUT2D eigenvalue weighted by Crippen LogP contribution is -1.48. The Labute approximate surface area is 48.7 Å². The maximum Gasteiger partial charge on any atom is 0.00986 e. The number of rotatable bonds is 2. The van der Waals surface area contributed by atoms with Crippen LogP contribution in [0.15, 0.2) is 15.9 Å². The van der Waals surface area contributed by atoms with Crippen molar-refractivity contribution in [2.45, 2.75) is 13.8 Å². The Balaban J connectivity index is 2.98. The molecule has 0 aromatic heterocycles. The Bertz CT molecular complexity index is 66.1. The quantitative estimate of drug-likeness (QED) is 0.397. The molecular formula is C5H9NS. The van der Waals surface area contributed by atoms with E-state index in [1.807, 2.05) is 25.3 Å². The molecule has 0 aromatic rings. The van der Waals surface area contributed by atoms with Gasteiger partial charge in [-0.3, -0.25) is 0 Å². The fourth-order valence-electron chi connectivity index (χ4n) is 0.157. The first-order valence-corrected chi connectivity index (χ1v) is 3.00. The summed E-state index contributed by atoms with van der Waals surface area (Å²) in [7, 11) is 0. The molecule has 0 unspecified atom stereocenters. The standard InChI is InChI=1S/C5H9NS/c1-3-5-7-6-4-2/h3-5H,1-2H3. The molecule has 0 atom stereocenters. The van der Waals surface area contributed by atoms with Gasteiger partial charge in [0, 0.05) is 18.2 Å². The topological polar surface area (TPSA) is 12.4 Å². The van der Waals surface area contributed by atoms with Gasteiger partial charge < -0.3 is 0 Å². The predicted molar refractivity (Wildman–Crippen MR) is 36.6 cm³/mol. The van der Waals surface area contributed by atoms with E-state index in [0.29, 0.717) is 0 Å². The zero-order valence-electron chi connectivity index (χ0n) is 4.59. The van der Waals surface area contributed by atoms with Crippen molar-refractivity contribution in [1.82, 2.24) is 0 Å². The van der Waals surface area contributed by atoms with Crippen LogP contribution in [-0.4, -0.2) is 6.21 Å². The molecular weight excluding hydrogens is 106 g/mol. The third-order valence-electron chi connectivity index (χ3n) is 0.363. The fourth-order valence-corrected chi connectivity index (χ4v) is 0.471. The number of hydrogen-bond acceptors (Lipinski definition) is 2. The highest BCUT2D eigenvalue weighted by Gasteiger charge is 1.62. The van der Waals surface area contributed by atoms with Gasteiger partial charge in [0.25, 0.3) is 0 Å². The second kappa shape index (κ2) is 5.76. The van der Waals surface area contributed by atoms with E-state index in [1.54, 1.807) is 6.21 Å². The molecule has 0 aliphatic heterocycles. The molecule has 0 aliphatic rings. The summed E-state index contributed by atoms with van der Waals surface area (Å²) in [4.78, 5) is 0. The molecule has 0 heterocycles. The molecule has 0 amide bonds. The summed E-state index contributed by atoms with van der Waals surface area (Å²) in [6.07, 6.45) is 3.72. The molecule has 0 rings (SSSR count). The first-order valence-electron chi connectivity index (χ1n) is 2.16. The monoisotopic (exact) mass is 115 g/mol. The van der Waals surface area contributed by atoms with E-state index in [9.17, 15) is 0 Å². The molecule has 0 saturated carbocycles. The van der Waals surface area contributed by atoms with E-state index in [2.05, 4.69) is 4.40 Å². The van der Waals surface area contributed by atoms with Gasteiger partial charge in [0.1, 0.15) is 0 Å². The van der Waals surface area contributed by atoms with Crippen LogP contribution in [0.25, 0.3) is 0 Å². The van der Waals surface area contributed by atoms with E-state index < -0.39 is 0 Å². The molecule has 0 saturated heterocycles. The first-order chi connectivity index (χ1) is 3.41. The maximum atomic E-state index is 3.87. The summed E-state index contributed by atoms with van der Waals surface area (Å²) >= 11 is 1.44. The largest absolute Gasteiger partial charge is 0.225 e. The summed E-state index contributed by atoms with van der Waals surface area (Å²) in [5.74, 6) is 0. The second-order valence-electron chi connectivity index (χ2n) is 0.938. The minimum atomic E-state index is 1.44. The summed E-state index contributed by atoms with van der Waals surface area (Å²) < 4.78 is 3.87. The first kappa shape index (κ1) is 6.76. The molecule has 0 aromatic carbocycles. The SMILES string of the molecule is CC=CSN=CC. The Morgan fingerprint density at radius 2 is 2.14 bits per heavy atom. The van der Waals surface area contributed by atoms with Crippen LogP contribution in [-0.2, 0) is 0 Å². The van der Waals surface area contributed by atoms with Gasteiger partial charge in [-0.2, -0.15) is 0 Å². The van der Waals surface area contributed by atoms with Crippen molar-refractivity contribution in [3.63, 3.8) is 0 Å². The van der Waals surface area contributed by atoms with Crippen LogP contribution in [0.1, 0.15) is 13.8 Å². The van der Waals surface area contributed by atoms with Gasteiger partial charge in [-0.05, 0) is 19.3 Å². The Kier molecular flexibility index (Phi) is 5.56. The molecule has 0 spiro atoms. The van der Waals surface area contributed by atoms with Crippen molar-refractivity contribution >= 4 is 18.2 Å². The highest BCUT2D eigenvalue weighted by atomic mass is 32.2. The van der Waals surface area contributed by atoms with Crippen LogP contribution in [0.3, 0.4) is 0 Å². The van der Waals surface area contributed by atoms with Crippen molar-refractivity contribution in [1.29, 1.82) is 0 Å². The molecule has 1 nitrogen and oxygen atoms in total. The van der Waals surface area contributed by atoms with E-state index >= 15 is 0 Å².